The summed E-state index contributed by atoms with van der Waals surface area (Å²) in [7, 11) is 0. The van der Waals surface area contributed by atoms with Gasteiger partial charge in [-0.2, -0.15) is 0 Å². The molecule has 3 aromatic rings. The highest BCUT2D eigenvalue weighted by atomic mass is 16.5. The number of hydrogen-bond acceptors (Lipinski definition) is 2. The zero-order chi connectivity index (χ0) is 19.6. The minimum atomic E-state index is -0.0364. The van der Waals surface area contributed by atoms with Crippen LogP contribution in [0.4, 0.5) is 0 Å². The lowest BCUT2D eigenvalue weighted by atomic mass is 9.97. The van der Waals surface area contributed by atoms with E-state index in [4.69, 9.17) is 9.47 Å². The van der Waals surface area contributed by atoms with Gasteiger partial charge in [-0.25, -0.2) is 0 Å². The predicted octanol–water partition coefficient (Wildman–Crippen LogP) is 6.57. The molecule has 2 heteroatoms. The first kappa shape index (κ1) is 19.5. The van der Waals surface area contributed by atoms with Gasteiger partial charge in [0.1, 0.15) is 12.2 Å². The van der Waals surface area contributed by atoms with Gasteiger partial charge in [0.15, 0.2) is 0 Å². The third-order valence-corrected chi connectivity index (χ3v) is 4.73. The molecule has 0 saturated heterocycles. The molecule has 0 amide bonds. The summed E-state index contributed by atoms with van der Waals surface area (Å²) in [6.45, 7) is 7.43. The monoisotopic (exact) mass is 370 g/mol. The van der Waals surface area contributed by atoms with Crippen LogP contribution in [0.3, 0.4) is 0 Å². The van der Waals surface area contributed by atoms with Crippen molar-refractivity contribution in [2.24, 2.45) is 0 Å². The molecule has 0 aliphatic heterocycles. The Hall–Kier alpha value is -3.26. The van der Waals surface area contributed by atoms with Crippen molar-refractivity contribution in [1.82, 2.24) is 0 Å². The number of rotatable bonds is 10. The fourth-order valence-electron chi connectivity index (χ4n) is 3.30. The van der Waals surface area contributed by atoms with Gasteiger partial charge >= 0.3 is 0 Å². The molecule has 2 nitrogen and oxygen atoms in total. The van der Waals surface area contributed by atoms with Crippen molar-refractivity contribution in [2.45, 2.75) is 25.0 Å². The van der Waals surface area contributed by atoms with Gasteiger partial charge in [0.05, 0.1) is 12.5 Å². The summed E-state index contributed by atoms with van der Waals surface area (Å²) in [5.74, 6) is 0. The SMILES string of the molecule is C=COC(Cc1ccc(CC(OC=C)c2ccccc2)cc1)c1ccccc1. The highest BCUT2D eigenvalue weighted by molar-refractivity contribution is 5.28. The molecule has 0 spiro atoms. The summed E-state index contributed by atoms with van der Waals surface area (Å²) in [6, 6.07) is 29.1. The quantitative estimate of drug-likeness (QED) is 0.376. The van der Waals surface area contributed by atoms with Crippen LogP contribution in [0, 0.1) is 0 Å². The third kappa shape index (κ3) is 5.37. The van der Waals surface area contributed by atoms with Crippen LogP contribution in [0.25, 0.3) is 0 Å². The lowest BCUT2D eigenvalue weighted by Crippen LogP contribution is -2.06. The van der Waals surface area contributed by atoms with E-state index < -0.39 is 0 Å². The van der Waals surface area contributed by atoms with Gasteiger partial charge in [-0.3, -0.25) is 0 Å². The van der Waals surface area contributed by atoms with Crippen LogP contribution in [0.5, 0.6) is 0 Å². The average molecular weight is 370 g/mol. The minimum Gasteiger partial charge on any atom is -0.494 e. The highest BCUT2D eigenvalue weighted by Crippen LogP contribution is 2.25. The fraction of sp³-hybridized carbons (Fsp3) is 0.154. The topological polar surface area (TPSA) is 18.5 Å². The van der Waals surface area contributed by atoms with Gasteiger partial charge in [0.2, 0.25) is 0 Å². The van der Waals surface area contributed by atoms with Crippen LogP contribution in [-0.4, -0.2) is 0 Å². The molecule has 142 valence electrons. The molecule has 0 aliphatic carbocycles. The fourth-order valence-corrected chi connectivity index (χ4v) is 3.30. The van der Waals surface area contributed by atoms with Gasteiger partial charge < -0.3 is 9.47 Å². The van der Waals surface area contributed by atoms with Crippen LogP contribution in [0.1, 0.15) is 34.5 Å². The van der Waals surface area contributed by atoms with Crippen LogP contribution >= 0.6 is 0 Å². The maximum Gasteiger partial charge on any atom is 0.127 e. The molecule has 0 fully saturated rings. The van der Waals surface area contributed by atoms with Crippen LogP contribution in [0.15, 0.2) is 111 Å². The second kappa shape index (κ2) is 10.2. The van der Waals surface area contributed by atoms with Gasteiger partial charge in [-0.05, 0) is 22.3 Å². The Morgan fingerprint density at radius 2 is 0.929 bits per heavy atom. The first-order chi connectivity index (χ1) is 13.8. The number of ether oxygens (including phenoxy) is 2. The van der Waals surface area contributed by atoms with Crippen molar-refractivity contribution in [1.29, 1.82) is 0 Å². The Labute approximate surface area is 167 Å². The molecule has 0 radical (unpaired) electrons. The average Bonchev–Trinajstić information content (AvgIpc) is 2.75. The van der Waals surface area contributed by atoms with E-state index in [0.717, 1.165) is 24.0 Å². The molecule has 0 saturated carbocycles. The van der Waals surface area contributed by atoms with E-state index in [0.29, 0.717) is 0 Å². The Morgan fingerprint density at radius 1 is 0.571 bits per heavy atom. The van der Waals surface area contributed by atoms with E-state index in [1.54, 1.807) is 0 Å². The van der Waals surface area contributed by atoms with E-state index >= 15 is 0 Å². The smallest absolute Gasteiger partial charge is 0.127 e. The van der Waals surface area contributed by atoms with Crippen molar-refractivity contribution < 1.29 is 9.47 Å². The van der Waals surface area contributed by atoms with Crippen LogP contribution in [0.2, 0.25) is 0 Å². The maximum absolute atomic E-state index is 5.75. The number of hydrogen-bond donors (Lipinski definition) is 0. The third-order valence-electron chi connectivity index (χ3n) is 4.73. The molecule has 0 N–H and O–H groups in total. The van der Waals surface area contributed by atoms with E-state index in [9.17, 15) is 0 Å². The summed E-state index contributed by atoms with van der Waals surface area (Å²) in [5, 5.41) is 0. The largest absolute Gasteiger partial charge is 0.494 e. The number of benzene rings is 3. The van der Waals surface area contributed by atoms with Gasteiger partial charge in [0, 0.05) is 12.8 Å². The highest BCUT2D eigenvalue weighted by Gasteiger charge is 2.14. The van der Waals surface area contributed by atoms with Crippen LogP contribution in [-0.2, 0) is 22.3 Å². The molecule has 0 aromatic heterocycles. The molecule has 28 heavy (non-hydrogen) atoms. The molecule has 0 bridgehead atoms. The summed E-state index contributed by atoms with van der Waals surface area (Å²) in [5.41, 5.74) is 4.74. The Bertz CT molecular complexity index is 779. The Balaban J connectivity index is 1.70. The van der Waals surface area contributed by atoms with Crippen molar-refractivity contribution in [3.05, 3.63) is 133 Å². The summed E-state index contributed by atoms with van der Waals surface area (Å²) in [4.78, 5) is 0. The van der Waals surface area contributed by atoms with Crippen molar-refractivity contribution >= 4 is 0 Å². The predicted molar refractivity (Wildman–Crippen MR) is 115 cm³/mol. The molecule has 0 heterocycles. The molecular formula is C26H26O2. The normalized spacial score (nSPS) is 12.6. The molecule has 2 atom stereocenters. The Kier molecular flexibility index (Phi) is 7.08. The lowest BCUT2D eigenvalue weighted by molar-refractivity contribution is 0.146. The van der Waals surface area contributed by atoms with Crippen LogP contribution < -0.4 is 0 Å². The lowest BCUT2D eigenvalue weighted by Gasteiger charge is -2.19. The van der Waals surface area contributed by atoms with Gasteiger partial charge in [-0.15, -0.1) is 0 Å². The minimum absolute atomic E-state index is 0.0364. The van der Waals surface area contributed by atoms with E-state index in [2.05, 4.69) is 61.7 Å². The van der Waals surface area contributed by atoms with E-state index in [1.165, 1.54) is 23.7 Å². The zero-order valence-corrected chi connectivity index (χ0v) is 16.0. The van der Waals surface area contributed by atoms with E-state index in [1.807, 2.05) is 36.4 Å². The van der Waals surface area contributed by atoms with Crippen molar-refractivity contribution in [2.75, 3.05) is 0 Å². The van der Waals surface area contributed by atoms with Crippen molar-refractivity contribution in [3.8, 4) is 0 Å². The summed E-state index contributed by atoms with van der Waals surface area (Å²) in [6.07, 6.45) is 4.55. The molecule has 2 unspecified atom stereocenters. The molecular weight excluding hydrogens is 344 g/mol. The van der Waals surface area contributed by atoms with Crippen molar-refractivity contribution in [3.63, 3.8) is 0 Å². The first-order valence-electron chi connectivity index (χ1n) is 9.50. The second-order valence-corrected chi connectivity index (χ2v) is 6.63. The summed E-state index contributed by atoms with van der Waals surface area (Å²) < 4.78 is 11.5. The van der Waals surface area contributed by atoms with Gasteiger partial charge in [0.25, 0.3) is 0 Å². The van der Waals surface area contributed by atoms with Gasteiger partial charge in [-0.1, -0.05) is 98.1 Å². The summed E-state index contributed by atoms with van der Waals surface area (Å²) >= 11 is 0. The standard InChI is InChI=1S/C26H26O2/c1-3-27-25(23-11-7-5-8-12-23)19-21-15-17-22(18-16-21)20-26(28-4-2)24-13-9-6-10-14-24/h3-18,25-26H,1-2,19-20H2. The first-order valence-corrected chi connectivity index (χ1v) is 9.50. The maximum atomic E-state index is 5.75. The van der Waals surface area contributed by atoms with E-state index in [-0.39, 0.29) is 12.2 Å². The zero-order valence-electron chi connectivity index (χ0n) is 16.0. The second-order valence-electron chi connectivity index (χ2n) is 6.63. The Morgan fingerprint density at radius 3 is 1.25 bits per heavy atom. The molecule has 3 aromatic carbocycles. The molecule has 0 aliphatic rings. The molecule has 3 rings (SSSR count).